The van der Waals surface area contributed by atoms with E-state index in [0.717, 1.165) is 5.56 Å². The minimum Gasteiger partial charge on any atom is -0.454 e. The second kappa shape index (κ2) is 7.82. The van der Waals surface area contributed by atoms with Crippen molar-refractivity contribution in [1.82, 2.24) is 10.2 Å². The third-order valence-electron chi connectivity index (χ3n) is 5.33. The third kappa shape index (κ3) is 4.47. The average Bonchev–Trinajstić information content (AvgIpc) is 3.15. The molecule has 0 saturated carbocycles. The van der Waals surface area contributed by atoms with Crippen LogP contribution >= 0.6 is 11.8 Å². The Hall–Kier alpha value is -2.35. The van der Waals surface area contributed by atoms with Gasteiger partial charge in [-0.15, -0.1) is 11.8 Å². The summed E-state index contributed by atoms with van der Waals surface area (Å²) >= 11 is 1.55. The molecule has 29 heavy (non-hydrogen) atoms. The third-order valence-corrected chi connectivity index (χ3v) is 6.83. The molecule has 2 atom stereocenters. The summed E-state index contributed by atoms with van der Waals surface area (Å²) in [4.78, 5) is 49.9. The molecular weight excluding hydrogens is 392 g/mol. The highest BCUT2D eigenvalue weighted by Crippen LogP contribution is 2.47. The Morgan fingerprint density at radius 3 is 2.52 bits per heavy atom. The number of benzene rings is 1. The molecule has 2 aliphatic rings. The van der Waals surface area contributed by atoms with Crippen LogP contribution in [-0.4, -0.2) is 51.9 Å². The van der Waals surface area contributed by atoms with Crippen molar-refractivity contribution in [2.24, 2.45) is 0 Å². The first kappa shape index (κ1) is 21.4. The number of thioether (sulfide) groups is 1. The van der Waals surface area contributed by atoms with Gasteiger partial charge in [0, 0.05) is 17.7 Å². The molecule has 0 spiro atoms. The fourth-order valence-electron chi connectivity index (χ4n) is 3.58. The van der Waals surface area contributed by atoms with Crippen molar-refractivity contribution in [3.8, 4) is 0 Å². The van der Waals surface area contributed by atoms with E-state index < -0.39 is 30.4 Å². The fourth-order valence-corrected chi connectivity index (χ4v) is 5.00. The van der Waals surface area contributed by atoms with Crippen molar-refractivity contribution in [3.63, 3.8) is 0 Å². The summed E-state index contributed by atoms with van der Waals surface area (Å²) in [5.41, 5.74) is 1.39. The number of nitrogens with one attached hydrogen (secondary N) is 1. The van der Waals surface area contributed by atoms with Crippen LogP contribution in [0.5, 0.6) is 0 Å². The zero-order valence-electron chi connectivity index (χ0n) is 17.1. The van der Waals surface area contributed by atoms with E-state index in [4.69, 9.17) is 4.74 Å². The Labute approximate surface area is 174 Å². The second-order valence-electron chi connectivity index (χ2n) is 8.58. The maximum atomic E-state index is 12.4. The molecule has 2 saturated heterocycles. The van der Waals surface area contributed by atoms with Gasteiger partial charge >= 0.3 is 5.97 Å². The van der Waals surface area contributed by atoms with Gasteiger partial charge in [-0.25, -0.2) is 4.79 Å². The molecule has 1 aromatic carbocycles. The molecule has 156 valence electrons. The summed E-state index contributed by atoms with van der Waals surface area (Å²) in [7, 11) is 0. The second-order valence-corrected chi connectivity index (χ2v) is 10.1. The van der Waals surface area contributed by atoms with E-state index in [9.17, 15) is 19.2 Å². The standard InChI is InChI=1S/C21H26N2O5S/c1-20(2,3)14-7-5-13(6-8-14)18(26)22-16(24)11-28-19(27)15-12-29-21(4)10-9-17(25)23(15)21/h5-8,15H,9-12H2,1-4H3,(H,22,24,26)/t15-,21-/m0/s1. The Kier molecular flexibility index (Phi) is 5.76. The summed E-state index contributed by atoms with van der Waals surface area (Å²) in [5.74, 6) is -1.50. The lowest BCUT2D eigenvalue weighted by Gasteiger charge is -2.29. The molecule has 0 unspecified atom stereocenters. The minimum atomic E-state index is -0.704. The normalized spacial score (nSPS) is 23.7. The zero-order chi connectivity index (χ0) is 21.4. The van der Waals surface area contributed by atoms with Crippen LogP contribution in [0.4, 0.5) is 0 Å². The van der Waals surface area contributed by atoms with Crippen LogP contribution in [0.25, 0.3) is 0 Å². The van der Waals surface area contributed by atoms with Crippen molar-refractivity contribution in [2.75, 3.05) is 12.4 Å². The van der Waals surface area contributed by atoms with Crippen LogP contribution < -0.4 is 5.32 Å². The van der Waals surface area contributed by atoms with Crippen molar-refractivity contribution in [1.29, 1.82) is 0 Å². The molecule has 3 rings (SSSR count). The van der Waals surface area contributed by atoms with E-state index >= 15 is 0 Å². The fraction of sp³-hybridized carbons (Fsp3) is 0.524. The molecule has 2 heterocycles. The lowest BCUT2D eigenvalue weighted by Crippen LogP contribution is -2.47. The average molecular weight is 419 g/mol. The number of nitrogens with zero attached hydrogens (tertiary/aromatic N) is 1. The van der Waals surface area contributed by atoms with Gasteiger partial charge in [-0.3, -0.25) is 19.7 Å². The summed E-state index contributed by atoms with van der Waals surface area (Å²) < 4.78 is 5.08. The van der Waals surface area contributed by atoms with E-state index in [-0.39, 0.29) is 16.2 Å². The molecule has 1 aromatic rings. The molecule has 3 amide bonds. The Balaban J connectivity index is 1.51. The monoisotopic (exact) mass is 418 g/mol. The van der Waals surface area contributed by atoms with Gasteiger partial charge in [-0.05, 0) is 36.5 Å². The quantitative estimate of drug-likeness (QED) is 0.754. The minimum absolute atomic E-state index is 0.0373. The smallest absolute Gasteiger partial charge is 0.330 e. The SMILES string of the molecule is CC(C)(C)c1ccc(C(=O)NC(=O)COC(=O)[C@@H]2CS[C@@]3(C)CCC(=O)N23)cc1. The van der Waals surface area contributed by atoms with Crippen molar-refractivity contribution in [2.45, 2.75) is 56.9 Å². The number of amides is 3. The maximum Gasteiger partial charge on any atom is 0.330 e. The first-order chi connectivity index (χ1) is 13.5. The van der Waals surface area contributed by atoms with Crippen LogP contribution in [0.2, 0.25) is 0 Å². The molecule has 0 aromatic heterocycles. The maximum absolute atomic E-state index is 12.4. The summed E-state index contributed by atoms with van der Waals surface area (Å²) in [5, 5.41) is 2.22. The van der Waals surface area contributed by atoms with E-state index in [1.165, 1.54) is 0 Å². The van der Waals surface area contributed by atoms with Gasteiger partial charge in [0.2, 0.25) is 5.91 Å². The highest BCUT2D eigenvalue weighted by molar-refractivity contribution is 8.01. The summed E-state index contributed by atoms with van der Waals surface area (Å²) in [6.45, 7) is 7.58. The molecular formula is C21H26N2O5S. The van der Waals surface area contributed by atoms with Gasteiger partial charge in [0.05, 0.1) is 4.87 Å². The van der Waals surface area contributed by atoms with Crippen LogP contribution in [-0.2, 0) is 24.5 Å². The van der Waals surface area contributed by atoms with Crippen molar-refractivity contribution >= 4 is 35.5 Å². The molecule has 0 aliphatic carbocycles. The number of ether oxygens (including phenoxy) is 1. The predicted octanol–water partition coefficient (Wildman–Crippen LogP) is 2.24. The Morgan fingerprint density at radius 1 is 1.24 bits per heavy atom. The van der Waals surface area contributed by atoms with E-state index in [1.807, 2.05) is 19.1 Å². The molecule has 2 fully saturated rings. The number of fused-ring (bicyclic) bond motifs is 1. The molecule has 2 aliphatic heterocycles. The summed E-state index contributed by atoms with van der Waals surface area (Å²) in [6, 6.07) is 6.33. The first-order valence-corrected chi connectivity index (χ1v) is 10.6. The number of rotatable bonds is 4. The molecule has 1 N–H and O–H groups in total. The Morgan fingerprint density at radius 2 is 1.90 bits per heavy atom. The van der Waals surface area contributed by atoms with Crippen molar-refractivity contribution < 1.29 is 23.9 Å². The zero-order valence-corrected chi connectivity index (χ0v) is 17.9. The van der Waals surface area contributed by atoms with Gasteiger partial charge in [0.25, 0.3) is 11.8 Å². The molecule has 0 bridgehead atoms. The van der Waals surface area contributed by atoms with Crippen LogP contribution in [0, 0.1) is 0 Å². The van der Waals surface area contributed by atoms with Gasteiger partial charge in [-0.1, -0.05) is 32.9 Å². The number of hydrogen-bond acceptors (Lipinski definition) is 6. The largest absolute Gasteiger partial charge is 0.454 e. The van der Waals surface area contributed by atoms with Gasteiger partial charge in [-0.2, -0.15) is 0 Å². The van der Waals surface area contributed by atoms with Crippen LogP contribution in [0.3, 0.4) is 0 Å². The molecule has 7 nitrogen and oxygen atoms in total. The number of esters is 1. The Bertz CT molecular complexity index is 846. The van der Waals surface area contributed by atoms with E-state index in [2.05, 4.69) is 26.1 Å². The number of carbonyl (C=O) groups excluding carboxylic acids is 4. The number of imide groups is 1. The molecule has 8 heteroatoms. The van der Waals surface area contributed by atoms with E-state index in [0.29, 0.717) is 24.2 Å². The van der Waals surface area contributed by atoms with Crippen LogP contribution in [0.15, 0.2) is 24.3 Å². The lowest BCUT2D eigenvalue weighted by atomic mass is 9.87. The summed E-state index contributed by atoms with van der Waals surface area (Å²) in [6.07, 6.45) is 1.11. The van der Waals surface area contributed by atoms with Gasteiger partial charge in [0.1, 0.15) is 6.04 Å². The van der Waals surface area contributed by atoms with Crippen LogP contribution in [0.1, 0.15) is 56.5 Å². The highest BCUT2D eigenvalue weighted by atomic mass is 32.2. The van der Waals surface area contributed by atoms with Crippen molar-refractivity contribution in [3.05, 3.63) is 35.4 Å². The number of hydrogen-bond donors (Lipinski definition) is 1. The molecule has 0 radical (unpaired) electrons. The lowest BCUT2D eigenvalue weighted by molar-refractivity contribution is -0.156. The topological polar surface area (TPSA) is 92.8 Å². The predicted molar refractivity (Wildman–Crippen MR) is 109 cm³/mol. The highest BCUT2D eigenvalue weighted by Gasteiger charge is 2.53. The van der Waals surface area contributed by atoms with E-state index in [1.54, 1.807) is 28.8 Å². The van der Waals surface area contributed by atoms with Gasteiger partial charge < -0.3 is 9.64 Å². The number of carbonyl (C=O) groups is 4. The van der Waals surface area contributed by atoms with Gasteiger partial charge in [0.15, 0.2) is 6.61 Å². The first-order valence-electron chi connectivity index (χ1n) is 9.59.